The van der Waals surface area contributed by atoms with E-state index < -0.39 is 17.6 Å². The summed E-state index contributed by atoms with van der Waals surface area (Å²) in [5.41, 5.74) is -0.557. The zero-order valence-electron chi connectivity index (χ0n) is 22.4. The van der Waals surface area contributed by atoms with Gasteiger partial charge in [0.05, 0.1) is 18.5 Å². The van der Waals surface area contributed by atoms with Gasteiger partial charge >= 0.3 is 18.3 Å². The molecule has 0 aromatic carbocycles. The standard InChI is InChI=1S/C25H32F3N7O3S/c1-5-6-16-11-17-19(33-9-10-35-18(13-33)31-32-21(35)25(26,27)28)29-22(30-20(17)39-16)37-14-15-7-8-34(12-15)23(36)38-24(2,3)4/h11,15H,5-10,12-14H2,1-4H3/t15-/m1/s1. The Labute approximate surface area is 228 Å². The number of nitrogens with zero attached hydrogens (tertiary/aromatic N) is 7. The van der Waals surface area contributed by atoms with E-state index in [4.69, 9.17) is 14.5 Å². The van der Waals surface area contributed by atoms with Crippen LogP contribution in [0.5, 0.6) is 6.01 Å². The van der Waals surface area contributed by atoms with E-state index in [-0.39, 0.29) is 36.9 Å². The lowest BCUT2D eigenvalue weighted by molar-refractivity contribution is -0.147. The number of halogens is 3. The number of aryl methyl sites for hydroxylation is 1. The Morgan fingerprint density at radius 1 is 1.15 bits per heavy atom. The molecule has 0 aliphatic carbocycles. The second kappa shape index (κ2) is 10.4. The van der Waals surface area contributed by atoms with Gasteiger partial charge in [0, 0.05) is 37.0 Å². The Morgan fingerprint density at radius 2 is 1.95 bits per heavy atom. The summed E-state index contributed by atoms with van der Waals surface area (Å²) in [7, 11) is 0. The quantitative estimate of drug-likeness (QED) is 0.415. The molecule has 0 saturated carbocycles. The van der Waals surface area contributed by atoms with Crippen LogP contribution in [-0.2, 0) is 30.4 Å². The fourth-order valence-corrected chi connectivity index (χ4v) is 5.93. The van der Waals surface area contributed by atoms with Crippen molar-refractivity contribution in [3.05, 3.63) is 22.6 Å². The van der Waals surface area contributed by atoms with Gasteiger partial charge in [-0.25, -0.2) is 4.79 Å². The predicted octanol–water partition coefficient (Wildman–Crippen LogP) is 4.91. The van der Waals surface area contributed by atoms with E-state index >= 15 is 0 Å². The second-order valence-electron chi connectivity index (χ2n) is 10.9. The van der Waals surface area contributed by atoms with Gasteiger partial charge in [-0.05, 0) is 39.7 Å². The lowest BCUT2D eigenvalue weighted by atomic mass is 10.1. The second-order valence-corrected chi connectivity index (χ2v) is 12.0. The molecule has 0 spiro atoms. The van der Waals surface area contributed by atoms with Crippen molar-refractivity contribution in [3.8, 4) is 6.01 Å². The van der Waals surface area contributed by atoms with Crippen molar-refractivity contribution in [3.63, 3.8) is 0 Å². The zero-order valence-corrected chi connectivity index (χ0v) is 23.2. The van der Waals surface area contributed by atoms with Gasteiger partial charge in [0.1, 0.15) is 16.2 Å². The van der Waals surface area contributed by atoms with Gasteiger partial charge in [-0.1, -0.05) is 13.3 Å². The van der Waals surface area contributed by atoms with Crippen molar-refractivity contribution in [1.82, 2.24) is 29.6 Å². The summed E-state index contributed by atoms with van der Waals surface area (Å²) in [6.07, 6.45) is -2.25. The maximum atomic E-state index is 13.3. The largest absolute Gasteiger partial charge is 0.463 e. The number of amides is 1. The number of carbonyl (C=O) groups is 1. The molecule has 5 heterocycles. The van der Waals surface area contributed by atoms with Gasteiger partial charge in [-0.2, -0.15) is 23.1 Å². The van der Waals surface area contributed by atoms with Crippen molar-refractivity contribution < 1.29 is 27.4 Å². The number of thiophene rings is 1. The first-order chi connectivity index (χ1) is 18.4. The highest BCUT2D eigenvalue weighted by molar-refractivity contribution is 7.18. The first-order valence-corrected chi connectivity index (χ1v) is 13.9. The normalized spacial score (nSPS) is 18.1. The van der Waals surface area contributed by atoms with E-state index in [0.29, 0.717) is 32.1 Å². The van der Waals surface area contributed by atoms with Crippen LogP contribution in [0.25, 0.3) is 10.2 Å². The van der Waals surface area contributed by atoms with Crippen LogP contribution in [0.3, 0.4) is 0 Å². The Kier molecular flexibility index (Phi) is 7.33. The van der Waals surface area contributed by atoms with Gasteiger partial charge in [-0.3, -0.25) is 0 Å². The van der Waals surface area contributed by atoms with E-state index in [2.05, 4.69) is 28.2 Å². The molecule has 14 heteroatoms. The van der Waals surface area contributed by atoms with Crippen LogP contribution in [0.2, 0.25) is 0 Å². The Balaban J connectivity index is 1.34. The van der Waals surface area contributed by atoms with E-state index in [0.717, 1.165) is 38.9 Å². The van der Waals surface area contributed by atoms with E-state index in [1.165, 1.54) is 0 Å². The summed E-state index contributed by atoms with van der Waals surface area (Å²) < 4.78 is 52.6. The highest BCUT2D eigenvalue weighted by Gasteiger charge is 2.40. The molecule has 2 aliphatic rings. The third-order valence-electron chi connectivity index (χ3n) is 6.59. The van der Waals surface area contributed by atoms with Crippen LogP contribution in [0.15, 0.2) is 6.07 Å². The van der Waals surface area contributed by atoms with Crippen LogP contribution in [0, 0.1) is 5.92 Å². The molecule has 5 rings (SSSR count). The first kappa shape index (κ1) is 27.4. The van der Waals surface area contributed by atoms with Crippen molar-refractivity contribution >= 4 is 33.5 Å². The van der Waals surface area contributed by atoms with Crippen LogP contribution >= 0.6 is 11.3 Å². The summed E-state index contributed by atoms with van der Waals surface area (Å²) >= 11 is 1.57. The number of hydrogen-bond donors (Lipinski definition) is 0. The molecule has 39 heavy (non-hydrogen) atoms. The summed E-state index contributed by atoms with van der Waals surface area (Å²) in [6, 6.07) is 2.26. The lowest BCUT2D eigenvalue weighted by Gasteiger charge is -2.29. The molecule has 1 atom stereocenters. The third-order valence-corrected chi connectivity index (χ3v) is 7.68. The lowest BCUT2D eigenvalue weighted by Crippen LogP contribution is -2.36. The molecule has 1 amide bonds. The molecule has 1 saturated heterocycles. The number of aromatic nitrogens is 5. The minimum Gasteiger partial charge on any atom is -0.463 e. The molecule has 1 fully saturated rings. The first-order valence-electron chi connectivity index (χ1n) is 13.1. The fraction of sp³-hybridized carbons (Fsp3) is 0.640. The minimum absolute atomic E-state index is 0.0907. The Bertz CT molecular complexity index is 1350. The monoisotopic (exact) mass is 567 g/mol. The number of rotatable bonds is 6. The molecule has 0 bridgehead atoms. The van der Waals surface area contributed by atoms with Gasteiger partial charge in [0.25, 0.3) is 0 Å². The summed E-state index contributed by atoms with van der Waals surface area (Å²) in [4.78, 5) is 27.3. The SMILES string of the molecule is CCCc1cc2c(N3CCn4c(nnc4C(F)(F)F)C3)nc(OC[C@@H]3CCN(C(=O)OC(C)(C)C)C3)nc2s1. The number of likely N-dealkylation sites (tertiary alicyclic amines) is 1. The summed E-state index contributed by atoms with van der Waals surface area (Å²) in [6.45, 7) is 9.60. The number of carbonyl (C=O) groups excluding carboxylic acids is 1. The zero-order chi connectivity index (χ0) is 27.9. The van der Waals surface area contributed by atoms with Crippen molar-refractivity contribution in [2.45, 2.75) is 71.8 Å². The molecule has 0 radical (unpaired) electrons. The maximum absolute atomic E-state index is 13.3. The number of anilines is 1. The molecular formula is C25H32F3N7O3S. The summed E-state index contributed by atoms with van der Waals surface area (Å²) in [5, 5.41) is 8.04. The molecule has 10 nitrogen and oxygen atoms in total. The van der Waals surface area contributed by atoms with E-state index in [1.54, 1.807) is 16.2 Å². The molecule has 212 valence electrons. The number of hydrogen-bond acceptors (Lipinski definition) is 9. The van der Waals surface area contributed by atoms with Crippen molar-refractivity contribution in [2.75, 3.05) is 31.1 Å². The number of fused-ring (bicyclic) bond motifs is 2. The van der Waals surface area contributed by atoms with Crippen LogP contribution in [0.1, 0.15) is 57.1 Å². The van der Waals surface area contributed by atoms with Crippen LogP contribution < -0.4 is 9.64 Å². The minimum atomic E-state index is -4.56. The number of ether oxygens (including phenoxy) is 2. The average molecular weight is 568 g/mol. The van der Waals surface area contributed by atoms with Gasteiger partial charge in [0.2, 0.25) is 5.82 Å². The maximum Gasteiger partial charge on any atom is 0.451 e. The smallest absolute Gasteiger partial charge is 0.451 e. The van der Waals surface area contributed by atoms with Crippen molar-refractivity contribution in [2.24, 2.45) is 5.92 Å². The van der Waals surface area contributed by atoms with Crippen LogP contribution in [0.4, 0.5) is 23.8 Å². The van der Waals surface area contributed by atoms with Gasteiger partial charge < -0.3 is 23.8 Å². The highest BCUT2D eigenvalue weighted by Crippen LogP contribution is 2.36. The molecule has 0 N–H and O–H groups in total. The van der Waals surface area contributed by atoms with Crippen LogP contribution in [-0.4, -0.2) is 67.6 Å². The molecule has 3 aromatic rings. The fourth-order valence-electron chi connectivity index (χ4n) is 4.81. The molecule has 3 aromatic heterocycles. The van der Waals surface area contributed by atoms with Gasteiger partial charge in [0.15, 0.2) is 5.82 Å². The van der Waals surface area contributed by atoms with E-state index in [9.17, 15) is 18.0 Å². The third kappa shape index (κ3) is 6.04. The molecule has 2 aliphatic heterocycles. The van der Waals surface area contributed by atoms with Gasteiger partial charge in [-0.15, -0.1) is 21.5 Å². The van der Waals surface area contributed by atoms with E-state index in [1.807, 2.05) is 25.7 Å². The highest BCUT2D eigenvalue weighted by atomic mass is 32.1. The Hall–Kier alpha value is -3.16. The Morgan fingerprint density at radius 3 is 2.67 bits per heavy atom. The average Bonchev–Trinajstić information content (AvgIpc) is 3.58. The molecular weight excluding hydrogens is 535 g/mol. The topological polar surface area (TPSA) is 98.5 Å². The predicted molar refractivity (Wildman–Crippen MR) is 139 cm³/mol. The summed E-state index contributed by atoms with van der Waals surface area (Å²) in [5.74, 6) is -0.0291. The number of alkyl halides is 3. The molecule has 0 unspecified atom stereocenters. The van der Waals surface area contributed by atoms with Crippen molar-refractivity contribution in [1.29, 1.82) is 0 Å².